The van der Waals surface area contributed by atoms with Crippen molar-refractivity contribution in [2.45, 2.75) is 25.8 Å². The number of carbonyl (C=O) groups is 1. The topological polar surface area (TPSA) is 23.6 Å². The SMILES string of the molecule is CC1CN(C)CCN1C(=O)CCc1cccc(F)c1. The van der Waals surface area contributed by atoms with Crippen LogP contribution in [0.2, 0.25) is 0 Å². The lowest BCUT2D eigenvalue weighted by molar-refractivity contribution is -0.135. The van der Waals surface area contributed by atoms with Crippen LogP contribution < -0.4 is 0 Å². The molecule has 4 heteroatoms. The third kappa shape index (κ3) is 3.77. The highest BCUT2D eigenvalue weighted by molar-refractivity contribution is 5.77. The fourth-order valence-corrected chi connectivity index (χ4v) is 2.60. The predicted octanol–water partition coefficient (Wildman–Crippen LogP) is 1.92. The highest BCUT2D eigenvalue weighted by Gasteiger charge is 2.25. The average molecular weight is 264 g/mol. The molecular formula is C15H21FN2O. The van der Waals surface area contributed by atoms with Crippen LogP contribution in [0.5, 0.6) is 0 Å². The highest BCUT2D eigenvalue weighted by atomic mass is 19.1. The van der Waals surface area contributed by atoms with Gasteiger partial charge in [0.15, 0.2) is 0 Å². The minimum atomic E-state index is -0.238. The predicted molar refractivity (Wildman–Crippen MR) is 73.4 cm³/mol. The summed E-state index contributed by atoms with van der Waals surface area (Å²) in [4.78, 5) is 16.4. The highest BCUT2D eigenvalue weighted by Crippen LogP contribution is 2.12. The summed E-state index contributed by atoms with van der Waals surface area (Å²) in [5.74, 6) is -0.0669. The summed E-state index contributed by atoms with van der Waals surface area (Å²) in [5.41, 5.74) is 0.884. The Morgan fingerprint density at radius 1 is 1.42 bits per heavy atom. The zero-order chi connectivity index (χ0) is 13.8. The molecule has 3 nitrogen and oxygen atoms in total. The van der Waals surface area contributed by atoms with Crippen molar-refractivity contribution in [3.63, 3.8) is 0 Å². The minimum absolute atomic E-state index is 0.171. The number of benzene rings is 1. The van der Waals surface area contributed by atoms with E-state index in [1.54, 1.807) is 6.07 Å². The van der Waals surface area contributed by atoms with Crippen LogP contribution in [-0.4, -0.2) is 48.4 Å². The zero-order valence-corrected chi connectivity index (χ0v) is 11.6. The van der Waals surface area contributed by atoms with Crippen LogP contribution >= 0.6 is 0 Å². The number of amides is 1. The van der Waals surface area contributed by atoms with Crippen molar-refractivity contribution in [3.05, 3.63) is 35.6 Å². The second-order valence-corrected chi connectivity index (χ2v) is 5.33. The smallest absolute Gasteiger partial charge is 0.223 e. The third-order valence-corrected chi connectivity index (χ3v) is 3.67. The molecule has 0 bridgehead atoms. The Balaban J connectivity index is 1.87. The van der Waals surface area contributed by atoms with E-state index in [-0.39, 0.29) is 17.8 Å². The van der Waals surface area contributed by atoms with Gasteiger partial charge in [0.25, 0.3) is 0 Å². The molecule has 0 saturated carbocycles. The second kappa shape index (κ2) is 6.15. The van der Waals surface area contributed by atoms with Crippen molar-refractivity contribution in [2.75, 3.05) is 26.7 Å². The van der Waals surface area contributed by atoms with E-state index in [9.17, 15) is 9.18 Å². The molecule has 104 valence electrons. The Bertz CT molecular complexity index is 450. The van der Waals surface area contributed by atoms with Crippen LogP contribution in [0.25, 0.3) is 0 Å². The van der Waals surface area contributed by atoms with Crippen LogP contribution in [0.4, 0.5) is 4.39 Å². The van der Waals surface area contributed by atoms with E-state index in [1.807, 2.05) is 11.0 Å². The average Bonchev–Trinajstić information content (AvgIpc) is 2.36. The normalized spacial score (nSPS) is 20.6. The molecule has 2 rings (SSSR count). The molecule has 1 aromatic carbocycles. The molecule has 1 atom stereocenters. The summed E-state index contributed by atoms with van der Waals surface area (Å²) < 4.78 is 13.1. The van der Waals surface area contributed by atoms with E-state index in [0.717, 1.165) is 25.2 Å². The van der Waals surface area contributed by atoms with Gasteiger partial charge in [-0.1, -0.05) is 12.1 Å². The van der Waals surface area contributed by atoms with Gasteiger partial charge in [0.05, 0.1) is 0 Å². The number of hydrogen-bond acceptors (Lipinski definition) is 2. The van der Waals surface area contributed by atoms with Gasteiger partial charge in [-0.15, -0.1) is 0 Å². The van der Waals surface area contributed by atoms with Crippen molar-refractivity contribution in [2.24, 2.45) is 0 Å². The molecule has 19 heavy (non-hydrogen) atoms. The van der Waals surface area contributed by atoms with Gasteiger partial charge in [-0.3, -0.25) is 4.79 Å². The molecule has 1 aliphatic rings. The summed E-state index contributed by atoms with van der Waals surface area (Å²) in [6.07, 6.45) is 1.06. The van der Waals surface area contributed by atoms with E-state index in [1.165, 1.54) is 12.1 Å². The first-order chi connectivity index (χ1) is 9.06. The molecule has 1 saturated heterocycles. The fourth-order valence-electron chi connectivity index (χ4n) is 2.60. The Labute approximate surface area is 114 Å². The monoisotopic (exact) mass is 264 g/mol. The van der Waals surface area contributed by atoms with Crippen LogP contribution in [0, 0.1) is 5.82 Å². The number of hydrogen-bond donors (Lipinski definition) is 0. The van der Waals surface area contributed by atoms with Crippen LogP contribution in [-0.2, 0) is 11.2 Å². The molecule has 1 amide bonds. The summed E-state index contributed by atoms with van der Waals surface area (Å²) in [7, 11) is 2.07. The van der Waals surface area contributed by atoms with Gasteiger partial charge in [-0.25, -0.2) is 4.39 Å². The van der Waals surface area contributed by atoms with Crippen LogP contribution in [0.1, 0.15) is 18.9 Å². The van der Waals surface area contributed by atoms with Crippen molar-refractivity contribution in [1.29, 1.82) is 0 Å². The number of rotatable bonds is 3. The third-order valence-electron chi connectivity index (χ3n) is 3.67. The largest absolute Gasteiger partial charge is 0.337 e. The number of piperazine rings is 1. The van der Waals surface area contributed by atoms with Gasteiger partial charge in [0, 0.05) is 32.1 Å². The Kier molecular flexibility index (Phi) is 4.53. The number of aryl methyl sites for hydroxylation is 1. The molecule has 0 radical (unpaired) electrons. The van der Waals surface area contributed by atoms with Crippen LogP contribution in [0.3, 0.4) is 0 Å². The van der Waals surface area contributed by atoms with E-state index < -0.39 is 0 Å². The Morgan fingerprint density at radius 2 is 2.21 bits per heavy atom. The minimum Gasteiger partial charge on any atom is -0.337 e. The lowest BCUT2D eigenvalue weighted by Gasteiger charge is -2.38. The van der Waals surface area contributed by atoms with Crippen molar-refractivity contribution < 1.29 is 9.18 Å². The standard InChI is InChI=1S/C15H21FN2O/c1-12-11-17(2)8-9-18(12)15(19)7-6-13-4-3-5-14(16)10-13/h3-5,10,12H,6-9,11H2,1-2H3. The molecule has 0 spiro atoms. The van der Waals surface area contributed by atoms with Crippen molar-refractivity contribution >= 4 is 5.91 Å². The zero-order valence-electron chi connectivity index (χ0n) is 11.6. The molecule has 1 unspecified atom stereocenters. The van der Waals surface area contributed by atoms with Gasteiger partial charge < -0.3 is 9.80 Å². The summed E-state index contributed by atoms with van der Waals surface area (Å²) in [6.45, 7) is 4.72. The number of likely N-dealkylation sites (N-methyl/N-ethyl adjacent to an activating group) is 1. The Hall–Kier alpha value is -1.42. The first-order valence-corrected chi connectivity index (χ1v) is 6.78. The van der Waals surface area contributed by atoms with E-state index in [2.05, 4.69) is 18.9 Å². The van der Waals surface area contributed by atoms with E-state index in [0.29, 0.717) is 12.8 Å². The first-order valence-electron chi connectivity index (χ1n) is 6.78. The molecule has 0 aliphatic carbocycles. The number of halogens is 1. The van der Waals surface area contributed by atoms with Crippen molar-refractivity contribution in [1.82, 2.24) is 9.80 Å². The molecule has 1 fully saturated rings. The number of nitrogens with zero attached hydrogens (tertiary/aromatic N) is 2. The van der Waals surface area contributed by atoms with Gasteiger partial charge in [0.2, 0.25) is 5.91 Å². The van der Waals surface area contributed by atoms with E-state index >= 15 is 0 Å². The molecular weight excluding hydrogens is 243 g/mol. The fraction of sp³-hybridized carbons (Fsp3) is 0.533. The quantitative estimate of drug-likeness (QED) is 0.832. The lowest BCUT2D eigenvalue weighted by Crippen LogP contribution is -2.52. The molecule has 0 aromatic heterocycles. The summed E-state index contributed by atoms with van der Waals surface area (Å²) in [6, 6.07) is 6.74. The summed E-state index contributed by atoms with van der Waals surface area (Å²) >= 11 is 0. The first kappa shape index (κ1) is 14.0. The maximum atomic E-state index is 13.1. The molecule has 1 heterocycles. The lowest BCUT2D eigenvalue weighted by atomic mass is 10.1. The van der Waals surface area contributed by atoms with Gasteiger partial charge in [-0.2, -0.15) is 0 Å². The van der Waals surface area contributed by atoms with E-state index in [4.69, 9.17) is 0 Å². The number of carbonyl (C=O) groups excluding carboxylic acids is 1. The molecule has 1 aromatic rings. The van der Waals surface area contributed by atoms with Gasteiger partial charge in [0.1, 0.15) is 5.82 Å². The Morgan fingerprint density at radius 3 is 2.89 bits per heavy atom. The van der Waals surface area contributed by atoms with Gasteiger partial charge in [-0.05, 0) is 38.1 Å². The summed E-state index contributed by atoms with van der Waals surface area (Å²) in [5, 5.41) is 0. The van der Waals surface area contributed by atoms with Crippen molar-refractivity contribution in [3.8, 4) is 0 Å². The second-order valence-electron chi connectivity index (χ2n) is 5.33. The van der Waals surface area contributed by atoms with Crippen LogP contribution in [0.15, 0.2) is 24.3 Å². The molecule has 0 N–H and O–H groups in total. The van der Waals surface area contributed by atoms with Gasteiger partial charge >= 0.3 is 0 Å². The maximum absolute atomic E-state index is 13.1. The maximum Gasteiger partial charge on any atom is 0.223 e. The molecule has 1 aliphatic heterocycles.